The van der Waals surface area contributed by atoms with Crippen LogP contribution in [-0.2, 0) is 23.3 Å². The Hall–Kier alpha value is 0.0900. The molecule has 0 aromatic carbocycles. The van der Waals surface area contributed by atoms with E-state index in [-0.39, 0.29) is 12.4 Å². The van der Waals surface area contributed by atoms with Crippen molar-refractivity contribution in [3.8, 4) is 0 Å². The van der Waals surface area contributed by atoms with Crippen LogP contribution in [0.4, 0.5) is 0 Å². The maximum atomic E-state index is 3.64. The van der Waals surface area contributed by atoms with Gasteiger partial charge in [-0.25, -0.2) is 36.1 Å². The topological polar surface area (TPSA) is 0 Å². The molecule has 0 nitrogen and oxygen atoms in total. The second kappa shape index (κ2) is 15.2. The van der Waals surface area contributed by atoms with Gasteiger partial charge in [-0.1, -0.05) is 26.7 Å². The van der Waals surface area contributed by atoms with Gasteiger partial charge in [0.1, 0.15) is 0 Å². The Morgan fingerprint density at radius 1 is 0.960 bits per heavy atom. The summed E-state index contributed by atoms with van der Waals surface area (Å²) in [6.45, 7) is 9.70. The fourth-order valence-electron chi connectivity index (χ4n) is 3.33. The monoisotopic (exact) mass is 451 g/mol. The van der Waals surface area contributed by atoms with Crippen LogP contribution in [0.3, 0.4) is 0 Å². The number of hydrogen-bond acceptors (Lipinski definition) is 0. The minimum absolute atomic E-state index is 0. The summed E-state index contributed by atoms with van der Waals surface area (Å²) in [4.78, 5) is 0. The van der Waals surface area contributed by atoms with E-state index in [1.807, 2.05) is 6.88 Å². The average molecular weight is 453 g/mol. The summed E-state index contributed by atoms with van der Waals surface area (Å²) in [5.41, 5.74) is 3.16. The molecule has 0 N–H and O–H groups in total. The Morgan fingerprint density at radius 2 is 1.32 bits per heavy atom. The number of allylic oxidation sites excluding steroid dienone is 8. The van der Waals surface area contributed by atoms with Crippen molar-refractivity contribution in [2.24, 2.45) is 17.8 Å². The van der Waals surface area contributed by atoms with E-state index in [2.05, 4.69) is 70.1 Å². The van der Waals surface area contributed by atoms with Gasteiger partial charge in [-0.15, -0.1) is 49.6 Å². The molecule has 2 saturated carbocycles. The Labute approximate surface area is 179 Å². The van der Waals surface area contributed by atoms with E-state index in [0.717, 1.165) is 11.8 Å². The van der Waals surface area contributed by atoms with E-state index in [4.69, 9.17) is 0 Å². The molecule has 140 valence electrons. The van der Waals surface area contributed by atoms with Crippen molar-refractivity contribution in [1.82, 2.24) is 0 Å². The molecular formula is C22H34ClSiZr-3. The van der Waals surface area contributed by atoms with Gasteiger partial charge in [0.25, 0.3) is 0 Å². The second-order valence-electron chi connectivity index (χ2n) is 7.01. The Balaban J connectivity index is 0.000000345. The summed E-state index contributed by atoms with van der Waals surface area (Å²) in [5, 5.41) is 0. The van der Waals surface area contributed by atoms with Crippen molar-refractivity contribution >= 4 is 19.3 Å². The summed E-state index contributed by atoms with van der Waals surface area (Å²) in [6, 6.07) is 0. The first kappa shape index (κ1) is 25.1. The van der Waals surface area contributed by atoms with Crippen LogP contribution in [0.15, 0.2) is 47.6 Å². The first-order valence-corrected chi connectivity index (χ1v) is 15.2. The molecule has 2 fully saturated rings. The van der Waals surface area contributed by atoms with Gasteiger partial charge in [-0.2, -0.15) is 5.92 Å². The van der Waals surface area contributed by atoms with E-state index in [1.54, 1.807) is 34.5 Å². The third-order valence-corrected chi connectivity index (χ3v) is 4.42. The molecule has 4 rings (SSSR count). The van der Waals surface area contributed by atoms with Crippen molar-refractivity contribution in [3.05, 3.63) is 67.4 Å². The molecule has 0 amide bonds. The van der Waals surface area contributed by atoms with Gasteiger partial charge in [-0.3, -0.25) is 0 Å². The van der Waals surface area contributed by atoms with Gasteiger partial charge >= 0.3 is 30.2 Å². The summed E-state index contributed by atoms with van der Waals surface area (Å²) >= 11 is 1.58. The van der Waals surface area contributed by atoms with Crippen molar-refractivity contribution in [3.63, 3.8) is 0 Å². The number of halogens is 1. The zero-order chi connectivity index (χ0) is 17.8. The molecule has 25 heavy (non-hydrogen) atoms. The predicted molar refractivity (Wildman–Crippen MR) is 114 cm³/mol. The Morgan fingerprint density at radius 3 is 1.64 bits per heavy atom. The van der Waals surface area contributed by atoms with Crippen LogP contribution in [0.2, 0.25) is 0 Å². The molecule has 0 saturated heterocycles. The summed E-state index contributed by atoms with van der Waals surface area (Å²) in [7, 11) is 0. The van der Waals surface area contributed by atoms with Gasteiger partial charge in [-0.05, 0) is 24.7 Å². The molecule has 2 unspecified atom stereocenters. The Kier molecular flexibility index (Phi) is 15.2. The zero-order valence-electron chi connectivity index (χ0n) is 15.9. The third-order valence-electron chi connectivity index (χ3n) is 4.42. The van der Waals surface area contributed by atoms with Crippen LogP contribution in [0.5, 0.6) is 0 Å². The summed E-state index contributed by atoms with van der Waals surface area (Å²) in [6.07, 6.45) is 26.1. The van der Waals surface area contributed by atoms with Crippen molar-refractivity contribution < 1.29 is 23.3 Å². The average Bonchev–Trinajstić information content (AvgIpc) is 3.26. The van der Waals surface area contributed by atoms with Gasteiger partial charge in [0.2, 0.25) is 0 Å². The molecule has 2 atom stereocenters. The zero-order valence-corrected chi connectivity index (χ0v) is 20.6. The minimum atomic E-state index is 0. The van der Waals surface area contributed by atoms with Crippen molar-refractivity contribution in [2.45, 2.75) is 52.4 Å². The molecule has 0 bridgehead atoms. The Bertz CT molecular complexity index is 434. The fourth-order valence-corrected chi connectivity index (χ4v) is 3.33. The van der Waals surface area contributed by atoms with Gasteiger partial charge in [0.05, 0.1) is 0 Å². The number of fused-ring (bicyclic) bond motifs is 2. The number of hydrogen-bond donors (Lipinski definition) is 0. The molecule has 0 aliphatic heterocycles. The van der Waals surface area contributed by atoms with Crippen molar-refractivity contribution in [1.29, 1.82) is 0 Å². The maximum absolute atomic E-state index is 3.64. The van der Waals surface area contributed by atoms with Crippen LogP contribution in [0.25, 0.3) is 0 Å². The molecular weight excluding hydrogens is 419 g/mol. The number of rotatable bonds is 0. The summed E-state index contributed by atoms with van der Waals surface area (Å²) in [5.74, 6) is 2.35. The van der Waals surface area contributed by atoms with E-state index in [9.17, 15) is 0 Å². The first-order valence-electron chi connectivity index (χ1n) is 9.25. The van der Waals surface area contributed by atoms with Crippen LogP contribution >= 0.6 is 12.4 Å². The molecule has 0 aromatic heterocycles. The van der Waals surface area contributed by atoms with Crippen LogP contribution in [-0.4, -0.2) is 6.88 Å². The van der Waals surface area contributed by atoms with Gasteiger partial charge in [0.15, 0.2) is 0 Å². The second-order valence-corrected chi connectivity index (χ2v) is 7.01. The molecule has 3 heteroatoms. The molecule has 4 aliphatic rings. The fraction of sp³-hybridized carbons (Fsp3) is 0.500. The van der Waals surface area contributed by atoms with Crippen LogP contribution in [0.1, 0.15) is 52.4 Å². The first-order chi connectivity index (χ1) is 11.7. The standard InChI is InChI=1S/2C9H11.C4H9.ClH.H2Si.Zr/c2*1-2-5-9-7-3-6-8(9)4-1;1-4(2)3;;;/h2*1-2,4,6,9H,3,5,7H2;4H,1H2,2-3H3;1H;1H2;/q3*-1;;;. The van der Waals surface area contributed by atoms with E-state index < -0.39 is 0 Å². The summed E-state index contributed by atoms with van der Waals surface area (Å²) < 4.78 is 0. The molecule has 0 radical (unpaired) electrons. The van der Waals surface area contributed by atoms with Crippen molar-refractivity contribution in [2.75, 3.05) is 0 Å². The van der Waals surface area contributed by atoms with Crippen LogP contribution in [0, 0.1) is 37.5 Å². The SMILES string of the molecule is C1=CCC2CC[CH-]C2=C1.C1=CCC2CC[CH-]C2=C1.Cl.[CH2-]C(C)C.[SiH2]=[Zr]. The molecule has 0 heterocycles. The molecule has 0 spiro atoms. The molecule has 4 aliphatic carbocycles. The van der Waals surface area contributed by atoms with Crippen LogP contribution < -0.4 is 0 Å². The third kappa shape index (κ3) is 10.1. The van der Waals surface area contributed by atoms with Gasteiger partial charge in [0, 0.05) is 0 Å². The quantitative estimate of drug-likeness (QED) is 0.314. The molecule has 0 aromatic rings. The van der Waals surface area contributed by atoms with E-state index in [1.165, 1.54) is 38.5 Å². The van der Waals surface area contributed by atoms with E-state index in [0.29, 0.717) is 5.92 Å². The predicted octanol–water partition coefficient (Wildman–Crippen LogP) is 5.95. The van der Waals surface area contributed by atoms with Gasteiger partial charge < -0.3 is 6.92 Å². The normalized spacial score (nSPS) is 24.0. The van der Waals surface area contributed by atoms with E-state index >= 15 is 0 Å².